The monoisotopic (exact) mass is 696 g/mol. The molecule has 15 heteroatoms. The lowest BCUT2D eigenvalue weighted by molar-refractivity contribution is -0.385. The Morgan fingerprint density at radius 3 is 2.49 bits per heavy atom. The number of nitrogens with zero attached hydrogens (tertiary/aromatic N) is 6. The average Bonchev–Trinajstić information content (AvgIpc) is 3.03. The van der Waals surface area contributed by atoms with Gasteiger partial charge in [0.05, 0.1) is 57.7 Å². The number of fused-ring (bicyclic) bond motifs is 1. The van der Waals surface area contributed by atoms with E-state index in [2.05, 4.69) is 4.98 Å². The number of rotatable bonds is 7. The molecule has 5 rings (SSSR count). The molecule has 0 bridgehead atoms. The Balaban J connectivity index is 2.12. The van der Waals surface area contributed by atoms with Crippen LogP contribution in [0, 0.1) is 22.9 Å². The smallest absolute Gasteiger partial charge is 0.407 e. The summed E-state index contributed by atoms with van der Waals surface area (Å²) in [4.78, 5) is 51.0. The first-order valence-electron chi connectivity index (χ1n) is 15.7. The van der Waals surface area contributed by atoms with Gasteiger partial charge in [0.15, 0.2) is 5.65 Å². The van der Waals surface area contributed by atoms with Crippen LogP contribution in [0.15, 0.2) is 35.3 Å². The molecule has 260 valence electrons. The van der Waals surface area contributed by atoms with Crippen LogP contribution >= 0.6 is 11.6 Å². The number of aliphatic hydroxyl groups excluding tert-OH is 1. The Bertz CT molecular complexity index is 2050. The molecular formula is C34H38ClFN6O7. The summed E-state index contributed by atoms with van der Waals surface area (Å²) >= 11 is 7.23. The Morgan fingerprint density at radius 1 is 1.22 bits per heavy atom. The summed E-state index contributed by atoms with van der Waals surface area (Å²) in [7, 11) is 1.37. The number of anilines is 1. The zero-order chi connectivity index (χ0) is 36.1. The van der Waals surface area contributed by atoms with E-state index in [1.54, 1.807) is 25.3 Å². The van der Waals surface area contributed by atoms with Crippen molar-refractivity contribution in [3.63, 3.8) is 0 Å². The van der Waals surface area contributed by atoms with E-state index < -0.39 is 46.1 Å². The molecule has 1 amide bonds. The molecule has 13 nitrogen and oxygen atoms in total. The topological polar surface area (TPSA) is 164 Å². The van der Waals surface area contributed by atoms with Crippen molar-refractivity contribution in [2.75, 3.05) is 38.3 Å². The van der Waals surface area contributed by atoms with Gasteiger partial charge in [0.2, 0.25) is 0 Å². The Morgan fingerprint density at radius 2 is 1.92 bits per heavy atom. The molecular weight excluding hydrogens is 659 g/mol. The lowest BCUT2D eigenvalue weighted by Crippen LogP contribution is -2.56. The normalized spacial score (nSPS) is 15.3. The van der Waals surface area contributed by atoms with Crippen molar-refractivity contribution in [2.45, 2.75) is 58.9 Å². The minimum atomic E-state index is -1.22. The Labute approximate surface area is 286 Å². The highest BCUT2D eigenvalue weighted by atomic mass is 35.5. The van der Waals surface area contributed by atoms with E-state index in [-0.39, 0.29) is 70.0 Å². The first-order valence-corrected chi connectivity index (χ1v) is 16.0. The number of benzene rings is 1. The van der Waals surface area contributed by atoms with Crippen LogP contribution in [0.4, 0.5) is 20.6 Å². The summed E-state index contributed by atoms with van der Waals surface area (Å²) in [5.41, 5.74) is -1.47. The number of aromatic nitrogens is 3. The lowest BCUT2D eigenvalue weighted by atomic mass is 9.83. The number of pyridine rings is 3. The molecule has 1 aliphatic rings. The average molecular weight is 697 g/mol. The fourth-order valence-electron chi connectivity index (χ4n) is 6.55. The van der Waals surface area contributed by atoms with E-state index in [0.717, 1.165) is 9.47 Å². The summed E-state index contributed by atoms with van der Waals surface area (Å²) in [5.74, 6) is -0.816. The number of carboxylic acid groups (broad SMARTS) is 1. The molecule has 0 unspecified atom stereocenters. The van der Waals surface area contributed by atoms with E-state index in [0.29, 0.717) is 16.8 Å². The molecule has 4 aromatic rings. The van der Waals surface area contributed by atoms with Crippen molar-refractivity contribution in [1.82, 2.24) is 19.4 Å². The molecule has 49 heavy (non-hydrogen) atoms. The summed E-state index contributed by atoms with van der Waals surface area (Å²) in [6, 6.07) is 4.94. The molecule has 2 N–H and O–H groups in total. The molecule has 0 saturated carbocycles. The molecule has 1 aromatic carbocycles. The van der Waals surface area contributed by atoms with Crippen LogP contribution in [0.25, 0.3) is 28.0 Å². The van der Waals surface area contributed by atoms with E-state index >= 15 is 4.39 Å². The number of halogens is 2. The van der Waals surface area contributed by atoms with Gasteiger partial charge >= 0.3 is 17.3 Å². The minimum Gasteiger partial charge on any atom is -0.496 e. The molecule has 1 fully saturated rings. The van der Waals surface area contributed by atoms with Gasteiger partial charge < -0.3 is 24.7 Å². The fourth-order valence-corrected chi connectivity index (χ4v) is 7.06. The van der Waals surface area contributed by atoms with Crippen LogP contribution in [-0.4, -0.2) is 80.1 Å². The largest absolute Gasteiger partial charge is 0.496 e. The van der Waals surface area contributed by atoms with Crippen LogP contribution < -0.4 is 15.2 Å². The molecule has 0 spiro atoms. The highest BCUT2D eigenvalue weighted by molar-refractivity contribution is 6.35. The van der Waals surface area contributed by atoms with Crippen molar-refractivity contribution in [3.05, 3.63) is 78.6 Å². The van der Waals surface area contributed by atoms with Gasteiger partial charge in [-0.05, 0) is 47.6 Å². The van der Waals surface area contributed by atoms with Crippen molar-refractivity contribution in [3.8, 4) is 22.7 Å². The van der Waals surface area contributed by atoms with Crippen LogP contribution in [0.1, 0.15) is 57.4 Å². The zero-order valence-corrected chi connectivity index (χ0v) is 29.0. The van der Waals surface area contributed by atoms with E-state index in [1.807, 2.05) is 34.6 Å². The quantitative estimate of drug-likeness (QED) is 0.172. The second-order valence-corrected chi connectivity index (χ2v) is 13.7. The number of hydrogen-bond donors (Lipinski definition) is 2. The molecule has 4 heterocycles. The second-order valence-electron chi connectivity index (χ2n) is 13.3. The van der Waals surface area contributed by atoms with Gasteiger partial charge in [0.25, 0.3) is 0 Å². The molecule has 0 aliphatic carbocycles. The summed E-state index contributed by atoms with van der Waals surface area (Å²) in [6.07, 6.45) is 0.364. The number of amides is 1. The number of piperazine rings is 1. The summed E-state index contributed by atoms with van der Waals surface area (Å²) < 4.78 is 22.4. The molecule has 1 atom stereocenters. The van der Waals surface area contributed by atoms with Crippen molar-refractivity contribution < 1.29 is 29.1 Å². The van der Waals surface area contributed by atoms with Gasteiger partial charge in [-0.25, -0.2) is 14.2 Å². The maximum absolute atomic E-state index is 15.8. The maximum Gasteiger partial charge on any atom is 0.407 e. The summed E-state index contributed by atoms with van der Waals surface area (Å²) in [5, 5.41) is 33.4. The number of methoxy groups -OCH3 is 1. The highest BCUT2D eigenvalue weighted by Gasteiger charge is 2.41. The van der Waals surface area contributed by atoms with Gasteiger partial charge in [-0.2, -0.15) is 0 Å². The predicted octanol–water partition coefficient (Wildman–Crippen LogP) is 6.05. The number of aliphatic hydroxyl groups is 1. The maximum atomic E-state index is 15.8. The standard InChI is InChI=1S/C34H38ClFN6O7/c1-17(2)26-28(18(3)11-12-37-26)41-31-23(24(34(4,5)6)25(35)27(38-31)22-20(36)9-8-10-21(22)49-7)29(30(32(41)44)42(47)48)40-14-13-39(33(45)46)15-19(40)16-43/h8-12,17,19,43H,13-16H2,1-7H3,(H,45,46)/t19-/m1/s1. The third-order valence-electron chi connectivity index (χ3n) is 8.74. The van der Waals surface area contributed by atoms with Gasteiger partial charge in [-0.1, -0.05) is 52.3 Å². The number of ether oxygens (including phenoxy) is 1. The van der Waals surface area contributed by atoms with E-state index in [4.69, 9.17) is 21.3 Å². The van der Waals surface area contributed by atoms with Gasteiger partial charge in [-0.3, -0.25) is 24.5 Å². The van der Waals surface area contributed by atoms with Gasteiger partial charge in [0, 0.05) is 25.8 Å². The van der Waals surface area contributed by atoms with Crippen LogP contribution in [-0.2, 0) is 5.41 Å². The number of aryl methyl sites for hydroxylation is 1. The molecule has 0 radical (unpaired) electrons. The van der Waals surface area contributed by atoms with Crippen molar-refractivity contribution in [1.29, 1.82) is 0 Å². The predicted molar refractivity (Wildman–Crippen MR) is 184 cm³/mol. The van der Waals surface area contributed by atoms with Crippen molar-refractivity contribution in [2.24, 2.45) is 0 Å². The molecule has 3 aromatic heterocycles. The van der Waals surface area contributed by atoms with E-state index in [1.165, 1.54) is 24.1 Å². The SMILES string of the molecule is COc1cccc(F)c1-c1nc2c(c(N3CCN(C(=O)O)C[C@@H]3CO)c([N+](=O)[O-])c(=O)n2-c2c(C)ccnc2C(C)C)c(C(C)(C)C)c1Cl. The van der Waals surface area contributed by atoms with Gasteiger partial charge in [0.1, 0.15) is 17.3 Å². The first kappa shape index (κ1) is 35.5. The third-order valence-corrected chi connectivity index (χ3v) is 9.11. The number of carbonyl (C=O) groups is 1. The number of nitro groups is 1. The summed E-state index contributed by atoms with van der Waals surface area (Å²) in [6.45, 7) is 10.0. The Kier molecular flexibility index (Phi) is 9.59. The number of hydrogen-bond acceptors (Lipinski definition) is 9. The highest BCUT2D eigenvalue weighted by Crippen LogP contribution is 2.48. The van der Waals surface area contributed by atoms with Gasteiger partial charge in [-0.15, -0.1) is 0 Å². The lowest BCUT2D eigenvalue weighted by Gasteiger charge is -2.41. The fraction of sp³-hybridized carbons (Fsp3) is 0.412. The third kappa shape index (κ3) is 6.03. The van der Waals surface area contributed by atoms with Crippen LogP contribution in [0.3, 0.4) is 0 Å². The zero-order valence-electron chi connectivity index (χ0n) is 28.2. The Hall–Kier alpha value is -4.82. The van der Waals surface area contributed by atoms with Crippen LogP contribution in [0.2, 0.25) is 5.02 Å². The molecule has 1 aliphatic heterocycles. The second kappa shape index (κ2) is 13.2. The van der Waals surface area contributed by atoms with Crippen molar-refractivity contribution >= 4 is 40.1 Å². The van der Waals surface area contributed by atoms with E-state index in [9.17, 15) is 29.9 Å². The van der Waals surface area contributed by atoms with Crippen LogP contribution in [0.5, 0.6) is 5.75 Å². The minimum absolute atomic E-state index is 0.0270. The first-order chi connectivity index (χ1) is 23.0. The molecule has 1 saturated heterocycles.